The predicted octanol–water partition coefficient (Wildman–Crippen LogP) is 3.84. The smallest absolute Gasteiger partial charge is 0.226 e. The molecule has 1 saturated carbocycles. The fourth-order valence-corrected chi connectivity index (χ4v) is 7.86. The van der Waals surface area contributed by atoms with E-state index in [4.69, 9.17) is 4.43 Å². The molecule has 0 bridgehead atoms. The average molecular weight is 248 g/mol. The molecule has 1 atom stereocenters. The van der Waals surface area contributed by atoms with Gasteiger partial charge in [-0.3, -0.25) is 0 Å². The maximum atomic E-state index is 6.15. The first-order valence-electron chi connectivity index (χ1n) is 6.94. The molecule has 0 heterocycles. The predicted molar refractivity (Wildman–Crippen MR) is 76.2 cm³/mol. The molecule has 94 valence electrons. The van der Waals surface area contributed by atoms with Crippen molar-refractivity contribution < 1.29 is 4.43 Å². The molecule has 1 aromatic carbocycles. The van der Waals surface area contributed by atoms with Gasteiger partial charge in [0.25, 0.3) is 0 Å². The van der Waals surface area contributed by atoms with E-state index in [9.17, 15) is 0 Å². The second kappa shape index (κ2) is 5.83. The van der Waals surface area contributed by atoms with Crippen LogP contribution in [0.3, 0.4) is 0 Å². The molecular weight excluding hydrogens is 224 g/mol. The Balaban J connectivity index is 2.30. The highest BCUT2D eigenvalue weighted by Gasteiger charge is 2.42. The van der Waals surface area contributed by atoms with Crippen molar-refractivity contribution in [3.8, 4) is 0 Å². The van der Waals surface area contributed by atoms with E-state index in [-0.39, 0.29) is 0 Å². The Labute approximate surface area is 106 Å². The average Bonchev–Trinajstić information content (AvgIpc) is 2.43. The van der Waals surface area contributed by atoms with E-state index in [1.807, 2.05) is 7.11 Å². The van der Waals surface area contributed by atoms with E-state index >= 15 is 0 Å². The number of hydrogen-bond acceptors (Lipinski definition) is 1. The molecule has 0 aromatic heterocycles. The van der Waals surface area contributed by atoms with Crippen LogP contribution in [0.1, 0.15) is 39.0 Å². The van der Waals surface area contributed by atoms with Crippen LogP contribution >= 0.6 is 0 Å². The van der Waals surface area contributed by atoms with Crippen LogP contribution in [0.4, 0.5) is 0 Å². The summed E-state index contributed by atoms with van der Waals surface area (Å²) in [6.07, 6.45) is 6.97. The van der Waals surface area contributed by atoms with Gasteiger partial charge in [0.15, 0.2) is 0 Å². The highest BCUT2D eigenvalue weighted by molar-refractivity contribution is 6.87. The largest absolute Gasteiger partial charge is 0.415 e. The molecule has 2 heteroatoms. The van der Waals surface area contributed by atoms with Crippen molar-refractivity contribution in [2.45, 2.75) is 50.6 Å². The Morgan fingerprint density at radius 3 is 2.29 bits per heavy atom. The van der Waals surface area contributed by atoms with E-state index < -0.39 is 8.32 Å². The summed E-state index contributed by atoms with van der Waals surface area (Å²) in [5.74, 6) is 0. The van der Waals surface area contributed by atoms with E-state index in [1.54, 1.807) is 0 Å². The van der Waals surface area contributed by atoms with Crippen LogP contribution in [-0.2, 0) is 4.43 Å². The van der Waals surface area contributed by atoms with E-state index in [0.29, 0.717) is 0 Å². The van der Waals surface area contributed by atoms with Gasteiger partial charge in [-0.1, -0.05) is 69.4 Å². The topological polar surface area (TPSA) is 9.23 Å². The molecule has 17 heavy (non-hydrogen) atoms. The van der Waals surface area contributed by atoms with E-state index in [1.165, 1.54) is 43.3 Å². The van der Waals surface area contributed by atoms with Crippen LogP contribution in [0.15, 0.2) is 30.3 Å². The zero-order valence-corrected chi connectivity index (χ0v) is 12.1. The summed E-state index contributed by atoms with van der Waals surface area (Å²) in [4.78, 5) is 0. The van der Waals surface area contributed by atoms with Gasteiger partial charge in [0, 0.05) is 7.11 Å². The third kappa shape index (κ3) is 2.48. The molecule has 1 aromatic rings. The SMILES string of the molecule is CC[Si](OC)(c1ccccc1)C1CCCCC1. The molecule has 2 rings (SSSR count). The molecule has 0 radical (unpaired) electrons. The molecule has 0 amide bonds. The van der Waals surface area contributed by atoms with Gasteiger partial charge in [0.2, 0.25) is 8.32 Å². The van der Waals surface area contributed by atoms with Gasteiger partial charge in [0.05, 0.1) is 0 Å². The molecule has 0 aliphatic heterocycles. The minimum Gasteiger partial charge on any atom is -0.415 e. The standard InChI is InChI=1S/C15H24OSi/c1-3-17(16-2,14-10-6-4-7-11-14)15-12-8-5-9-13-15/h4,6-7,10-11,15H,3,5,8-9,12-13H2,1-2H3. The van der Waals surface area contributed by atoms with E-state index in [2.05, 4.69) is 37.3 Å². The molecule has 1 aliphatic carbocycles. The summed E-state index contributed by atoms with van der Waals surface area (Å²) in [5.41, 5.74) is 0.827. The zero-order chi connectivity index (χ0) is 12.1. The molecule has 0 saturated heterocycles. The lowest BCUT2D eigenvalue weighted by molar-refractivity contribution is 0.364. The number of rotatable bonds is 4. The first-order valence-corrected chi connectivity index (χ1v) is 9.13. The quantitative estimate of drug-likeness (QED) is 0.736. The molecule has 1 aliphatic rings. The van der Waals surface area contributed by atoms with Crippen LogP contribution < -0.4 is 5.19 Å². The van der Waals surface area contributed by atoms with Crippen molar-refractivity contribution in [1.29, 1.82) is 0 Å². The third-order valence-electron chi connectivity index (χ3n) is 4.42. The van der Waals surface area contributed by atoms with Crippen LogP contribution in [0.5, 0.6) is 0 Å². The summed E-state index contributed by atoms with van der Waals surface area (Å²) >= 11 is 0. The van der Waals surface area contributed by atoms with Crippen LogP contribution in [0, 0.1) is 0 Å². The summed E-state index contributed by atoms with van der Waals surface area (Å²) in [7, 11) is 0.223. The second-order valence-electron chi connectivity index (χ2n) is 5.15. The van der Waals surface area contributed by atoms with Crippen molar-refractivity contribution in [2.24, 2.45) is 0 Å². The van der Waals surface area contributed by atoms with Crippen molar-refractivity contribution >= 4 is 13.5 Å². The second-order valence-corrected chi connectivity index (χ2v) is 9.44. The van der Waals surface area contributed by atoms with Crippen molar-refractivity contribution in [3.05, 3.63) is 30.3 Å². The lowest BCUT2D eigenvalue weighted by Crippen LogP contribution is -2.53. The lowest BCUT2D eigenvalue weighted by atomic mass is 10.0. The van der Waals surface area contributed by atoms with Gasteiger partial charge in [-0.05, 0) is 16.8 Å². The van der Waals surface area contributed by atoms with Gasteiger partial charge in [-0.2, -0.15) is 0 Å². The first kappa shape index (κ1) is 12.8. The highest BCUT2D eigenvalue weighted by atomic mass is 28.4. The minimum absolute atomic E-state index is 0.827. The van der Waals surface area contributed by atoms with Crippen LogP contribution in [-0.4, -0.2) is 15.4 Å². The lowest BCUT2D eigenvalue weighted by Gasteiger charge is -2.39. The van der Waals surface area contributed by atoms with Gasteiger partial charge in [-0.15, -0.1) is 0 Å². The van der Waals surface area contributed by atoms with Crippen molar-refractivity contribution in [1.82, 2.24) is 0 Å². The Kier molecular flexibility index (Phi) is 4.40. The maximum absolute atomic E-state index is 6.15. The minimum atomic E-state index is -1.72. The normalized spacial score (nSPS) is 21.1. The number of hydrogen-bond donors (Lipinski definition) is 0. The van der Waals surface area contributed by atoms with Gasteiger partial charge < -0.3 is 4.43 Å². The number of benzene rings is 1. The van der Waals surface area contributed by atoms with Crippen molar-refractivity contribution in [3.63, 3.8) is 0 Å². The molecule has 1 unspecified atom stereocenters. The Bertz CT molecular complexity index is 326. The van der Waals surface area contributed by atoms with Gasteiger partial charge in [0.1, 0.15) is 0 Å². The highest BCUT2D eigenvalue weighted by Crippen LogP contribution is 2.38. The molecule has 1 fully saturated rings. The Morgan fingerprint density at radius 2 is 1.76 bits per heavy atom. The Hall–Kier alpha value is -0.603. The molecular formula is C15H24OSi. The first-order chi connectivity index (χ1) is 8.33. The molecule has 0 N–H and O–H groups in total. The van der Waals surface area contributed by atoms with Crippen molar-refractivity contribution in [2.75, 3.05) is 7.11 Å². The summed E-state index contributed by atoms with van der Waals surface area (Å²) < 4.78 is 6.15. The summed E-state index contributed by atoms with van der Waals surface area (Å²) in [6.45, 7) is 2.32. The Morgan fingerprint density at radius 1 is 1.12 bits per heavy atom. The fraction of sp³-hybridized carbons (Fsp3) is 0.600. The monoisotopic (exact) mass is 248 g/mol. The maximum Gasteiger partial charge on any atom is 0.226 e. The van der Waals surface area contributed by atoms with E-state index in [0.717, 1.165) is 5.54 Å². The van der Waals surface area contributed by atoms with Crippen LogP contribution in [0.25, 0.3) is 0 Å². The fourth-order valence-electron chi connectivity index (χ4n) is 3.45. The molecule has 0 spiro atoms. The third-order valence-corrected chi connectivity index (χ3v) is 9.40. The molecule has 1 nitrogen and oxygen atoms in total. The van der Waals surface area contributed by atoms with Gasteiger partial charge in [-0.25, -0.2) is 0 Å². The summed E-state index contributed by atoms with van der Waals surface area (Å²) in [6, 6.07) is 12.2. The van der Waals surface area contributed by atoms with Crippen LogP contribution in [0.2, 0.25) is 11.6 Å². The zero-order valence-electron chi connectivity index (χ0n) is 11.1. The summed E-state index contributed by atoms with van der Waals surface area (Å²) in [5, 5.41) is 1.50. The van der Waals surface area contributed by atoms with Gasteiger partial charge >= 0.3 is 0 Å².